The maximum absolute atomic E-state index is 13.5. The molecule has 2 saturated carbocycles. The van der Waals surface area contributed by atoms with Crippen molar-refractivity contribution < 1.29 is 20.1 Å². The fourth-order valence-corrected chi connectivity index (χ4v) is 8.24. The Kier molecular flexibility index (Phi) is 14.2. The van der Waals surface area contributed by atoms with E-state index in [4.69, 9.17) is 33.0 Å². The van der Waals surface area contributed by atoms with Crippen LogP contribution in [0.2, 0.25) is 10.0 Å². The van der Waals surface area contributed by atoms with Crippen molar-refractivity contribution in [1.29, 1.82) is 0 Å². The van der Waals surface area contributed by atoms with Gasteiger partial charge in [-0.2, -0.15) is 4.98 Å². The second-order valence-corrected chi connectivity index (χ2v) is 19.1. The van der Waals surface area contributed by atoms with Gasteiger partial charge < -0.3 is 24.6 Å². The first-order chi connectivity index (χ1) is 32.8. The topological polar surface area (TPSA) is 219 Å². The van der Waals surface area contributed by atoms with E-state index < -0.39 is 33.7 Å². The molecule has 3 N–H and O–H groups in total. The van der Waals surface area contributed by atoms with Gasteiger partial charge in [-0.25, -0.2) is 14.6 Å². The number of aryl methyl sites for hydroxylation is 4. The minimum atomic E-state index is -0.782. The highest BCUT2D eigenvalue weighted by Gasteiger charge is 2.41. The van der Waals surface area contributed by atoms with E-state index in [9.17, 15) is 29.4 Å². The molecule has 2 aliphatic carbocycles. The number of imidazole rings is 2. The van der Waals surface area contributed by atoms with Gasteiger partial charge in [0.05, 0.1) is 36.7 Å². The number of nitrogens with zero attached hydrogens (tertiary/aromatic N) is 10. The Bertz CT molecular complexity index is 3390. The first-order valence-corrected chi connectivity index (χ1v) is 23.6. The molecule has 0 bridgehead atoms. The van der Waals surface area contributed by atoms with Crippen LogP contribution < -0.4 is 27.2 Å². The van der Waals surface area contributed by atoms with Crippen LogP contribution in [0.25, 0.3) is 22.3 Å². The summed E-state index contributed by atoms with van der Waals surface area (Å²) in [5, 5.41) is 30.2. The summed E-state index contributed by atoms with van der Waals surface area (Å²) in [6.45, 7) is 4.74. The van der Waals surface area contributed by atoms with E-state index in [2.05, 4.69) is 35.9 Å². The van der Waals surface area contributed by atoms with Crippen LogP contribution in [0.15, 0.2) is 109 Å². The van der Waals surface area contributed by atoms with E-state index in [-0.39, 0.29) is 42.6 Å². The molecule has 0 unspecified atom stereocenters. The predicted molar refractivity (Wildman–Crippen MR) is 265 cm³/mol. The molecule has 0 saturated heterocycles. The SMILES string of the molecule is Cc1ccc(O)cn1.Cc1ccc(Oc2nc3c(c(=O)n(CCC4(O)CC4)c(=O)n3C)n2Cc2ccc(Cl)cc2)cn1.Cn1c(=O)n(CCC2(O)CC2)c(=O)c2c1nc(Br)n2Cc1ccc(Cl)cc1. The van der Waals surface area contributed by atoms with Gasteiger partial charge in [-0.3, -0.25) is 42.4 Å². The average molecular weight is 1040 g/mol. The third kappa shape index (κ3) is 11.2. The molecule has 69 heavy (non-hydrogen) atoms. The van der Waals surface area contributed by atoms with Gasteiger partial charge in [-0.15, -0.1) is 0 Å². The number of fused-ring (bicyclic) bond motifs is 2. The minimum absolute atomic E-state index is 0.127. The summed E-state index contributed by atoms with van der Waals surface area (Å²) in [6, 6.07) is 21.7. The highest BCUT2D eigenvalue weighted by molar-refractivity contribution is 9.10. The van der Waals surface area contributed by atoms with E-state index in [1.165, 1.54) is 19.9 Å². The molecule has 6 aromatic heterocycles. The fraction of sp³-hybridized carbons (Fsp3) is 0.333. The lowest BCUT2D eigenvalue weighted by atomic mass is 10.2. The van der Waals surface area contributed by atoms with Gasteiger partial charge in [-0.05, 0) is 128 Å². The zero-order valence-electron chi connectivity index (χ0n) is 38.1. The van der Waals surface area contributed by atoms with Crippen molar-refractivity contribution in [3.63, 3.8) is 0 Å². The van der Waals surface area contributed by atoms with E-state index in [0.717, 1.165) is 27.1 Å². The Labute approximate surface area is 412 Å². The Balaban J connectivity index is 0.000000163. The molecule has 360 valence electrons. The standard InChI is InChI=1S/C24H24ClN5O4.C18H18BrClN4O3.C6H7NO/c1-15-3-8-18(13-26-15)34-22-27-20-19(30(22)14-16-4-6-17(25)7-5-16)21(31)29(23(32)28(20)2)12-11-24(33)9-10-24;1-22-14-13(15(25)23(17(22)26)9-8-18(27)6-7-18)24(16(19)21-14)10-11-2-4-12(20)5-3-11;1-5-2-3-6(8)4-7-5/h3-8,13,33H,9-12,14H2,1-2H3;2-5,27H,6-10H2,1H3;2-4,8H,1H3. The largest absolute Gasteiger partial charge is 0.506 e. The normalized spacial score (nSPS) is 14.2. The number of ether oxygens (including phenoxy) is 1. The summed E-state index contributed by atoms with van der Waals surface area (Å²) in [7, 11) is 3.17. The molecule has 0 aliphatic heterocycles. The van der Waals surface area contributed by atoms with Gasteiger partial charge in [0, 0.05) is 48.6 Å². The van der Waals surface area contributed by atoms with Gasteiger partial charge >= 0.3 is 17.4 Å². The fourth-order valence-electron chi connectivity index (χ4n) is 7.51. The molecule has 2 aliphatic rings. The molecule has 2 aromatic carbocycles. The lowest BCUT2D eigenvalue weighted by Crippen LogP contribution is -2.40. The molecule has 10 rings (SSSR count). The summed E-state index contributed by atoms with van der Waals surface area (Å²) in [4.78, 5) is 69.2. The Hall–Kier alpha value is -6.38. The van der Waals surface area contributed by atoms with Gasteiger partial charge in [0.15, 0.2) is 27.1 Å². The number of hydrogen-bond donors (Lipinski definition) is 3. The lowest BCUT2D eigenvalue weighted by molar-refractivity contribution is 0.132. The van der Waals surface area contributed by atoms with Crippen LogP contribution in [-0.4, -0.2) is 73.9 Å². The molecule has 18 nitrogen and oxygen atoms in total. The molecule has 0 atom stereocenters. The number of aromatic hydroxyl groups is 1. The second kappa shape index (κ2) is 19.9. The van der Waals surface area contributed by atoms with Crippen LogP contribution in [-0.2, 0) is 40.3 Å². The van der Waals surface area contributed by atoms with Crippen molar-refractivity contribution in [3.8, 4) is 17.5 Å². The van der Waals surface area contributed by atoms with Crippen molar-refractivity contribution in [2.45, 2.75) is 89.8 Å². The average Bonchev–Trinajstić information content (AvgIpc) is 4.19. The predicted octanol–water partition coefficient (Wildman–Crippen LogP) is 6.38. The highest BCUT2D eigenvalue weighted by Crippen LogP contribution is 2.39. The van der Waals surface area contributed by atoms with E-state index >= 15 is 0 Å². The summed E-state index contributed by atoms with van der Waals surface area (Å²) in [5.74, 6) is 0.676. The zero-order chi connectivity index (χ0) is 49.4. The first kappa shape index (κ1) is 49.1. The zero-order valence-corrected chi connectivity index (χ0v) is 41.2. The number of rotatable bonds is 12. The van der Waals surface area contributed by atoms with Crippen molar-refractivity contribution in [2.24, 2.45) is 14.1 Å². The minimum Gasteiger partial charge on any atom is -0.506 e. The van der Waals surface area contributed by atoms with Gasteiger partial charge in [0.2, 0.25) is 0 Å². The van der Waals surface area contributed by atoms with Gasteiger partial charge in [-0.1, -0.05) is 47.5 Å². The summed E-state index contributed by atoms with van der Waals surface area (Å²) in [6.07, 6.45) is 6.53. The monoisotopic (exact) mass is 1040 g/mol. The van der Waals surface area contributed by atoms with E-state index in [1.54, 1.807) is 71.9 Å². The summed E-state index contributed by atoms with van der Waals surface area (Å²) < 4.78 is 14.9. The molecule has 21 heteroatoms. The van der Waals surface area contributed by atoms with Gasteiger partial charge in [0.25, 0.3) is 11.1 Å². The maximum atomic E-state index is 13.5. The number of benzene rings is 2. The third-order valence-corrected chi connectivity index (χ3v) is 13.2. The maximum Gasteiger partial charge on any atom is 0.332 e. The third-order valence-electron chi connectivity index (χ3n) is 12.1. The van der Waals surface area contributed by atoms with Crippen LogP contribution in [0.4, 0.5) is 0 Å². The van der Waals surface area contributed by atoms with Crippen LogP contribution in [0.5, 0.6) is 17.5 Å². The Morgan fingerprint density at radius 2 is 1.07 bits per heavy atom. The van der Waals surface area contributed by atoms with E-state index in [0.29, 0.717) is 76.8 Å². The second-order valence-electron chi connectivity index (χ2n) is 17.5. The molecule has 2 fully saturated rings. The molecule has 0 spiro atoms. The number of pyridine rings is 2. The lowest BCUT2D eigenvalue weighted by Gasteiger charge is -2.12. The van der Waals surface area contributed by atoms with Crippen molar-refractivity contribution in [3.05, 3.63) is 164 Å². The number of hydrogen-bond acceptors (Lipinski definition) is 12. The van der Waals surface area contributed by atoms with Crippen molar-refractivity contribution >= 4 is 61.5 Å². The van der Waals surface area contributed by atoms with Crippen molar-refractivity contribution in [1.82, 2.24) is 47.3 Å². The van der Waals surface area contributed by atoms with Gasteiger partial charge in [0.1, 0.15) is 11.5 Å². The van der Waals surface area contributed by atoms with Crippen LogP contribution >= 0.6 is 39.1 Å². The first-order valence-electron chi connectivity index (χ1n) is 22.0. The molecular formula is C48H49BrCl2N10O8. The number of halogens is 3. The molecule has 8 aromatic rings. The van der Waals surface area contributed by atoms with E-state index in [1.807, 2.05) is 44.2 Å². The van der Waals surface area contributed by atoms with Crippen LogP contribution in [0, 0.1) is 13.8 Å². The molecule has 0 amide bonds. The Morgan fingerprint density at radius 3 is 1.51 bits per heavy atom. The Morgan fingerprint density at radius 1 is 0.623 bits per heavy atom. The van der Waals surface area contributed by atoms with Crippen LogP contribution in [0.3, 0.4) is 0 Å². The number of aromatic nitrogens is 10. The van der Waals surface area contributed by atoms with Crippen molar-refractivity contribution in [2.75, 3.05) is 0 Å². The molecular weight excluding hydrogens is 995 g/mol. The molecule has 6 heterocycles. The molecule has 0 radical (unpaired) electrons. The quantitative estimate of drug-likeness (QED) is 0.114. The summed E-state index contributed by atoms with van der Waals surface area (Å²) >= 11 is 15.4. The number of aliphatic hydroxyl groups is 2. The summed E-state index contributed by atoms with van der Waals surface area (Å²) in [5.41, 5.74) is 1.43. The smallest absolute Gasteiger partial charge is 0.332 e. The van der Waals surface area contributed by atoms with Crippen LogP contribution in [0.1, 0.15) is 61.0 Å². The highest BCUT2D eigenvalue weighted by atomic mass is 79.9.